The molecule has 12 heteroatoms. The molecule has 1 aliphatic rings. The summed E-state index contributed by atoms with van der Waals surface area (Å²) >= 11 is 18.4. The molecule has 0 aliphatic carbocycles. The number of anilines is 3. The second-order valence-electron chi connectivity index (χ2n) is 7.58. The van der Waals surface area contributed by atoms with Crippen molar-refractivity contribution in [2.24, 2.45) is 0 Å². The second-order valence-corrected chi connectivity index (χ2v) is 8.77. The number of imide groups is 1. The van der Waals surface area contributed by atoms with Crippen LogP contribution in [-0.2, 0) is 9.59 Å². The first kappa shape index (κ1) is 26.0. The van der Waals surface area contributed by atoms with E-state index in [1.165, 1.54) is 49.6 Å². The Morgan fingerprint density at radius 2 is 1.59 bits per heavy atom. The highest BCUT2D eigenvalue weighted by Crippen LogP contribution is 2.34. The molecule has 1 aliphatic heterocycles. The molecule has 3 N–H and O–H groups in total. The zero-order chi connectivity index (χ0) is 26.9. The van der Waals surface area contributed by atoms with Crippen LogP contribution in [0.25, 0.3) is 0 Å². The Morgan fingerprint density at radius 1 is 0.919 bits per heavy atom. The van der Waals surface area contributed by atoms with Gasteiger partial charge in [-0.1, -0.05) is 46.9 Å². The Bertz CT molecular complexity index is 1490. The molecule has 0 aromatic heterocycles. The third-order valence-corrected chi connectivity index (χ3v) is 6.29. The SMILES string of the molecule is COc1cc(NC(=O)c2ccc(NC3=C(Cl)C(=O)N(c4ccccc4Cl)C3=O)cc2)c(Cl)cc1C(=O)O. The van der Waals surface area contributed by atoms with Gasteiger partial charge in [0.1, 0.15) is 22.0 Å². The Hall–Kier alpha value is -4.05. The zero-order valence-electron chi connectivity index (χ0n) is 18.8. The number of nitrogens with one attached hydrogen (secondary N) is 2. The van der Waals surface area contributed by atoms with E-state index >= 15 is 0 Å². The third kappa shape index (κ3) is 5.10. The molecule has 37 heavy (non-hydrogen) atoms. The lowest BCUT2D eigenvalue weighted by atomic mass is 10.1. The van der Waals surface area contributed by atoms with Crippen LogP contribution < -0.4 is 20.3 Å². The van der Waals surface area contributed by atoms with Gasteiger partial charge in [-0.15, -0.1) is 0 Å². The van der Waals surface area contributed by atoms with Gasteiger partial charge in [-0.3, -0.25) is 14.4 Å². The van der Waals surface area contributed by atoms with Crippen molar-refractivity contribution in [1.29, 1.82) is 0 Å². The molecule has 0 spiro atoms. The highest BCUT2D eigenvalue weighted by atomic mass is 35.5. The van der Waals surface area contributed by atoms with Crippen LogP contribution in [0, 0.1) is 0 Å². The molecular weight excluding hydrogens is 545 g/mol. The number of para-hydroxylation sites is 1. The quantitative estimate of drug-likeness (QED) is 0.331. The van der Waals surface area contributed by atoms with E-state index < -0.39 is 23.7 Å². The summed E-state index contributed by atoms with van der Waals surface area (Å²) in [6.07, 6.45) is 0. The number of aromatic carboxylic acids is 1. The maximum atomic E-state index is 12.9. The maximum absolute atomic E-state index is 12.9. The van der Waals surface area contributed by atoms with Crippen molar-refractivity contribution in [1.82, 2.24) is 0 Å². The topological polar surface area (TPSA) is 125 Å². The fraction of sp³-hybridized carbons (Fsp3) is 0.0400. The summed E-state index contributed by atoms with van der Waals surface area (Å²) in [7, 11) is 1.30. The first-order valence-corrected chi connectivity index (χ1v) is 11.6. The Kier molecular flexibility index (Phi) is 7.40. The molecule has 0 atom stereocenters. The van der Waals surface area contributed by atoms with Crippen molar-refractivity contribution in [3.63, 3.8) is 0 Å². The predicted octanol–water partition coefficient (Wildman–Crippen LogP) is 5.39. The normalized spacial score (nSPS) is 13.1. The van der Waals surface area contributed by atoms with Crippen molar-refractivity contribution >= 4 is 75.6 Å². The van der Waals surface area contributed by atoms with E-state index in [-0.39, 0.29) is 49.0 Å². The Labute approximate surface area is 225 Å². The number of carbonyl (C=O) groups excluding carboxylic acids is 3. The lowest BCUT2D eigenvalue weighted by Gasteiger charge is -2.16. The number of hydrogen-bond donors (Lipinski definition) is 3. The summed E-state index contributed by atoms with van der Waals surface area (Å²) in [6, 6.07) is 14.8. The van der Waals surface area contributed by atoms with Crippen LogP contribution in [0.2, 0.25) is 10.0 Å². The molecule has 0 unspecified atom stereocenters. The lowest BCUT2D eigenvalue weighted by Crippen LogP contribution is -2.32. The van der Waals surface area contributed by atoms with Gasteiger partial charge in [0.05, 0.1) is 28.5 Å². The minimum atomic E-state index is -1.23. The number of carboxylic acids is 1. The van der Waals surface area contributed by atoms with Gasteiger partial charge in [-0.05, 0) is 42.5 Å². The average molecular weight is 561 g/mol. The highest BCUT2D eigenvalue weighted by molar-refractivity contribution is 6.53. The minimum Gasteiger partial charge on any atom is -0.496 e. The fourth-order valence-electron chi connectivity index (χ4n) is 3.49. The number of amides is 3. The van der Waals surface area contributed by atoms with E-state index in [1.807, 2.05) is 0 Å². The van der Waals surface area contributed by atoms with Crippen LogP contribution in [0.3, 0.4) is 0 Å². The fourth-order valence-corrected chi connectivity index (χ4v) is 4.14. The average Bonchev–Trinajstić information content (AvgIpc) is 3.08. The van der Waals surface area contributed by atoms with Gasteiger partial charge in [0, 0.05) is 17.3 Å². The second kappa shape index (κ2) is 10.5. The van der Waals surface area contributed by atoms with Gasteiger partial charge in [0.15, 0.2) is 0 Å². The van der Waals surface area contributed by atoms with Crippen LogP contribution in [0.1, 0.15) is 20.7 Å². The molecule has 4 rings (SSSR count). The van der Waals surface area contributed by atoms with Crippen molar-refractivity contribution in [3.05, 3.63) is 92.6 Å². The molecular formula is C25H16Cl3N3O6. The van der Waals surface area contributed by atoms with Crippen molar-refractivity contribution in [2.45, 2.75) is 0 Å². The first-order chi connectivity index (χ1) is 17.6. The number of carbonyl (C=O) groups is 4. The molecule has 3 aromatic rings. The molecule has 0 fully saturated rings. The molecule has 3 amide bonds. The first-order valence-electron chi connectivity index (χ1n) is 10.4. The Balaban J connectivity index is 1.50. The van der Waals surface area contributed by atoms with Crippen molar-refractivity contribution < 1.29 is 29.0 Å². The van der Waals surface area contributed by atoms with Gasteiger partial charge in [-0.2, -0.15) is 0 Å². The van der Waals surface area contributed by atoms with Crippen molar-refractivity contribution in [3.8, 4) is 5.75 Å². The zero-order valence-corrected chi connectivity index (χ0v) is 21.1. The Morgan fingerprint density at radius 3 is 2.22 bits per heavy atom. The molecule has 3 aromatic carbocycles. The molecule has 0 bridgehead atoms. The standard InChI is InChI=1S/C25H16Cl3N3O6/c1-37-19-11-17(16(27)10-14(19)25(35)36)30-22(32)12-6-8-13(9-7-12)29-21-20(28)23(33)31(24(21)34)18-5-3-2-4-15(18)26/h2-11,29H,1H3,(H,30,32)(H,35,36). The van der Waals surface area contributed by atoms with E-state index in [0.717, 1.165) is 4.90 Å². The number of methoxy groups -OCH3 is 1. The summed E-state index contributed by atoms with van der Waals surface area (Å²) < 4.78 is 5.06. The largest absolute Gasteiger partial charge is 0.496 e. The number of halogens is 3. The highest BCUT2D eigenvalue weighted by Gasteiger charge is 2.39. The number of benzene rings is 3. The minimum absolute atomic E-state index is 0.0129. The number of nitrogens with zero attached hydrogens (tertiary/aromatic N) is 1. The summed E-state index contributed by atoms with van der Waals surface area (Å²) in [5.74, 6) is -3.14. The van der Waals surface area contributed by atoms with Crippen LogP contribution in [-0.4, -0.2) is 35.9 Å². The van der Waals surface area contributed by atoms with E-state index in [1.54, 1.807) is 18.2 Å². The van der Waals surface area contributed by atoms with Gasteiger partial charge in [0.2, 0.25) is 0 Å². The number of ether oxygens (including phenoxy) is 1. The van der Waals surface area contributed by atoms with Gasteiger partial charge in [0.25, 0.3) is 17.7 Å². The van der Waals surface area contributed by atoms with Crippen molar-refractivity contribution in [2.75, 3.05) is 22.6 Å². The van der Waals surface area contributed by atoms with Crippen LogP contribution in [0.15, 0.2) is 71.4 Å². The lowest BCUT2D eigenvalue weighted by molar-refractivity contribution is -0.120. The maximum Gasteiger partial charge on any atom is 0.339 e. The molecule has 0 saturated heterocycles. The van der Waals surface area contributed by atoms with Gasteiger partial charge >= 0.3 is 5.97 Å². The van der Waals surface area contributed by atoms with Gasteiger partial charge < -0.3 is 20.5 Å². The summed E-state index contributed by atoms with van der Waals surface area (Å²) in [5.41, 5.74) is 0.685. The summed E-state index contributed by atoms with van der Waals surface area (Å²) in [5, 5.41) is 14.6. The third-order valence-electron chi connectivity index (χ3n) is 5.30. The summed E-state index contributed by atoms with van der Waals surface area (Å²) in [4.78, 5) is 50.5. The van der Waals surface area contributed by atoms with E-state index in [9.17, 15) is 24.3 Å². The van der Waals surface area contributed by atoms with Crippen LogP contribution >= 0.6 is 34.8 Å². The molecule has 0 saturated carbocycles. The van der Waals surface area contributed by atoms with E-state index in [4.69, 9.17) is 39.5 Å². The number of rotatable bonds is 7. The predicted molar refractivity (Wildman–Crippen MR) is 140 cm³/mol. The van der Waals surface area contributed by atoms with Crippen LogP contribution in [0.5, 0.6) is 5.75 Å². The van der Waals surface area contributed by atoms with E-state index in [2.05, 4.69) is 10.6 Å². The molecule has 188 valence electrons. The smallest absolute Gasteiger partial charge is 0.339 e. The monoisotopic (exact) mass is 559 g/mol. The number of carboxylic acid groups (broad SMARTS) is 1. The molecule has 0 radical (unpaired) electrons. The summed E-state index contributed by atoms with van der Waals surface area (Å²) in [6.45, 7) is 0. The van der Waals surface area contributed by atoms with Gasteiger partial charge in [-0.25, -0.2) is 9.69 Å². The number of hydrogen-bond acceptors (Lipinski definition) is 6. The van der Waals surface area contributed by atoms with E-state index in [0.29, 0.717) is 5.69 Å². The van der Waals surface area contributed by atoms with Crippen LogP contribution in [0.4, 0.5) is 17.1 Å². The molecule has 1 heterocycles. The molecule has 9 nitrogen and oxygen atoms in total.